The molecule has 0 spiro atoms. The minimum absolute atomic E-state index is 0.00190. The van der Waals surface area contributed by atoms with Crippen LogP contribution in [0.25, 0.3) is 11.0 Å². The minimum atomic E-state index is -0.765. The summed E-state index contributed by atoms with van der Waals surface area (Å²) in [5.41, 5.74) is 1.85. The number of carbonyl (C=O) groups is 1. The molecule has 5 rings (SSSR count). The zero-order valence-corrected chi connectivity index (χ0v) is 17.1. The summed E-state index contributed by atoms with van der Waals surface area (Å²) < 4.78 is 5.92. The third kappa shape index (κ3) is 2.72. The number of aryl methyl sites for hydroxylation is 2. The van der Waals surface area contributed by atoms with Gasteiger partial charge in [0, 0.05) is 0 Å². The Morgan fingerprint density at radius 2 is 2.00 bits per heavy atom. The van der Waals surface area contributed by atoms with E-state index in [1.807, 2.05) is 19.9 Å². The van der Waals surface area contributed by atoms with Crippen LogP contribution in [0.5, 0.6) is 5.75 Å². The average molecular weight is 419 g/mol. The molecular formula is C22H17N3O4S. The lowest BCUT2D eigenvalue weighted by Crippen LogP contribution is -2.29. The largest absolute Gasteiger partial charge is 0.508 e. The van der Waals surface area contributed by atoms with Crippen molar-refractivity contribution in [2.45, 2.75) is 26.3 Å². The van der Waals surface area contributed by atoms with Crippen molar-refractivity contribution in [2.24, 2.45) is 0 Å². The van der Waals surface area contributed by atoms with Gasteiger partial charge in [-0.2, -0.15) is 0 Å². The molecule has 1 aliphatic rings. The molecule has 3 heterocycles. The van der Waals surface area contributed by atoms with Crippen molar-refractivity contribution in [3.8, 4) is 5.75 Å². The number of hydrogen-bond acceptors (Lipinski definition) is 7. The molecule has 1 amide bonds. The van der Waals surface area contributed by atoms with Crippen LogP contribution in [0.2, 0.25) is 0 Å². The lowest BCUT2D eigenvalue weighted by atomic mass is 9.98. The summed E-state index contributed by atoms with van der Waals surface area (Å²) in [6.45, 7) is 3.85. The van der Waals surface area contributed by atoms with Crippen molar-refractivity contribution >= 4 is 33.3 Å². The van der Waals surface area contributed by atoms with Crippen LogP contribution in [0.15, 0.2) is 51.7 Å². The molecular weight excluding hydrogens is 402 g/mol. The van der Waals surface area contributed by atoms with E-state index in [1.165, 1.54) is 22.3 Å². The maximum atomic E-state index is 13.5. The second-order valence-corrected chi connectivity index (χ2v) is 8.22. The highest BCUT2D eigenvalue weighted by molar-refractivity contribution is 7.15. The van der Waals surface area contributed by atoms with Crippen molar-refractivity contribution in [2.75, 3.05) is 4.90 Å². The van der Waals surface area contributed by atoms with E-state index >= 15 is 0 Å². The Bertz CT molecular complexity index is 1370. The van der Waals surface area contributed by atoms with Crippen LogP contribution in [0, 0.1) is 6.92 Å². The second kappa shape index (κ2) is 6.77. The number of amides is 1. The van der Waals surface area contributed by atoms with Gasteiger partial charge in [-0.15, -0.1) is 10.2 Å². The maximum Gasteiger partial charge on any atom is 0.297 e. The van der Waals surface area contributed by atoms with E-state index in [0.29, 0.717) is 28.1 Å². The lowest BCUT2D eigenvalue weighted by molar-refractivity contribution is 0.0970. The van der Waals surface area contributed by atoms with Crippen molar-refractivity contribution in [1.82, 2.24) is 10.2 Å². The number of carbonyl (C=O) groups excluding carboxylic acids is 1. The van der Waals surface area contributed by atoms with Gasteiger partial charge in [0.1, 0.15) is 16.3 Å². The molecule has 2 aromatic carbocycles. The Labute approximate surface area is 175 Å². The van der Waals surface area contributed by atoms with E-state index in [4.69, 9.17) is 4.42 Å². The Morgan fingerprint density at radius 1 is 1.17 bits per heavy atom. The van der Waals surface area contributed by atoms with Crippen LogP contribution in [-0.2, 0) is 6.42 Å². The number of phenolic OH excluding ortho intramolecular Hbond substituents is 1. The summed E-state index contributed by atoms with van der Waals surface area (Å²) in [6.07, 6.45) is 0.684. The predicted octanol–water partition coefficient (Wildman–Crippen LogP) is 3.97. The molecule has 1 unspecified atom stereocenters. The van der Waals surface area contributed by atoms with Crippen LogP contribution in [0.3, 0.4) is 0 Å². The number of fused-ring (bicyclic) bond motifs is 2. The first-order valence-electron chi connectivity index (χ1n) is 9.50. The Hall–Kier alpha value is -3.52. The summed E-state index contributed by atoms with van der Waals surface area (Å²) in [6, 6.07) is 11.1. The first-order valence-corrected chi connectivity index (χ1v) is 10.3. The molecule has 0 radical (unpaired) electrons. The number of benzene rings is 2. The average Bonchev–Trinajstić information content (AvgIpc) is 3.31. The van der Waals surface area contributed by atoms with Crippen LogP contribution in [0.4, 0.5) is 5.13 Å². The van der Waals surface area contributed by atoms with Crippen LogP contribution in [0.1, 0.15) is 45.2 Å². The summed E-state index contributed by atoms with van der Waals surface area (Å²) in [5, 5.41) is 19.9. The molecule has 2 aromatic heterocycles. The van der Waals surface area contributed by atoms with Gasteiger partial charge in [0.15, 0.2) is 5.43 Å². The van der Waals surface area contributed by atoms with Gasteiger partial charge in [0.25, 0.3) is 5.91 Å². The van der Waals surface area contributed by atoms with Gasteiger partial charge >= 0.3 is 0 Å². The number of anilines is 1. The third-order valence-corrected chi connectivity index (χ3v) is 6.24. The number of rotatable bonds is 3. The van der Waals surface area contributed by atoms with Crippen molar-refractivity contribution in [3.63, 3.8) is 0 Å². The van der Waals surface area contributed by atoms with Gasteiger partial charge in [-0.3, -0.25) is 14.5 Å². The van der Waals surface area contributed by atoms with Crippen LogP contribution >= 0.6 is 11.3 Å². The summed E-state index contributed by atoms with van der Waals surface area (Å²) in [7, 11) is 0. The zero-order chi connectivity index (χ0) is 21.0. The predicted molar refractivity (Wildman–Crippen MR) is 113 cm³/mol. The number of phenols is 1. The fourth-order valence-corrected chi connectivity index (χ4v) is 4.58. The van der Waals surface area contributed by atoms with E-state index in [9.17, 15) is 14.7 Å². The van der Waals surface area contributed by atoms with Gasteiger partial charge in [-0.05, 0) is 43.2 Å². The molecule has 8 heteroatoms. The van der Waals surface area contributed by atoms with Crippen LogP contribution in [-0.4, -0.2) is 21.2 Å². The molecule has 0 saturated heterocycles. The Morgan fingerprint density at radius 3 is 2.73 bits per heavy atom. The summed E-state index contributed by atoms with van der Waals surface area (Å²) >= 11 is 1.30. The second-order valence-electron chi connectivity index (χ2n) is 7.18. The van der Waals surface area contributed by atoms with E-state index in [2.05, 4.69) is 10.2 Å². The maximum absolute atomic E-state index is 13.5. The van der Waals surface area contributed by atoms with Gasteiger partial charge in [0.05, 0.1) is 17.0 Å². The highest BCUT2D eigenvalue weighted by atomic mass is 32.1. The molecule has 1 atom stereocenters. The Balaban J connectivity index is 1.82. The SMILES string of the molecule is CCc1nnc(N2C(=O)c3oc4ccc(C)cc4c(=O)c3C2c2cccc(O)c2)s1. The monoisotopic (exact) mass is 419 g/mol. The molecule has 30 heavy (non-hydrogen) atoms. The molecule has 0 aliphatic carbocycles. The van der Waals surface area contributed by atoms with E-state index in [0.717, 1.165) is 10.6 Å². The number of nitrogens with zero attached hydrogens (tertiary/aromatic N) is 3. The Kier molecular flexibility index (Phi) is 4.18. The first-order chi connectivity index (χ1) is 14.5. The van der Waals surface area contributed by atoms with Crippen molar-refractivity contribution in [3.05, 3.63) is 80.1 Å². The van der Waals surface area contributed by atoms with Gasteiger partial charge in [-0.25, -0.2) is 0 Å². The molecule has 1 N–H and O–H groups in total. The van der Waals surface area contributed by atoms with Crippen LogP contribution < -0.4 is 10.3 Å². The fourth-order valence-electron chi connectivity index (χ4n) is 3.78. The quantitative estimate of drug-likeness (QED) is 0.540. The van der Waals surface area contributed by atoms with E-state index in [-0.39, 0.29) is 22.5 Å². The summed E-state index contributed by atoms with van der Waals surface area (Å²) in [5.74, 6) is -0.407. The first kappa shape index (κ1) is 18.5. The number of aromatic hydroxyl groups is 1. The topological polar surface area (TPSA) is 96.5 Å². The molecule has 0 fully saturated rings. The number of aromatic nitrogens is 2. The highest BCUT2D eigenvalue weighted by Crippen LogP contribution is 2.42. The van der Waals surface area contributed by atoms with Crippen molar-refractivity contribution < 1.29 is 14.3 Å². The lowest BCUT2D eigenvalue weighted by Gasteiger charge is -2.22. The minimum Gasteiger partial charge on any atom is -0.508 e. The van der Waals surface area contributed by atoms with E-state index in [1.54, 1.807) is 30.3 Å². The molecule has 0 saturated carbocycles. The molecule has 4 aromatic rings. The van der Waals surface area contributed by atoms with E-state index < -0.39 is 11.9 Å². The molecule has 0 bridgehead atoms. The smallest absolute Gasteiger partial charge is 0.297 e. The van der Waals surface area contributed by atoms with Crippen molar-refractivity contribution in [1.29, 1.82) is 0 Å². The third-order valence-electron chi connectivity index (χ3n) is 5.18. The fraction of sp³-hybridized carbons (Fsp3) is 0.182. The molecule has 7 nitrogen and oxygen atoms in total. The normalized spacial score (nSPS) is 15.7. The van der Waals surface area contributed by atoms with Gasteiger partial charge < -0.3 is 9.52 Å². The zero-order valence-electron chi connectivity index (χ0n) is 16.2. The number of hydrogen-bond donors (Lipinski definition) is 1. The highest BCUT2D eigenvalue weighted by Gasteiger charge is 2.45. The molecule has 150 valence electrons. The molecule has 1 aliphatic heterocycles. The summed E-state index contributed by atoms with van der Waals surface area (Å²) in [4.78, 5) is 28.3. The van der Waals surface area contributed by atoms with Gasteiger partial charge in [-0.1, -0.05) is 42.0 Å². The standard InChI is InChI=1S/C22H17N3O4S/c1-3-16-23-24-22(30-16)25-18(12-5-4-6-13(26)10-12)17-19(27)14-9-11(2)7-8-15(14)29-20(17)21(25)28/h4-10,18,26H,3H2,1-2H3. The van der Waals surface area contributed by atoms with Gasteiger partial charge in [0.2, 0.25) is 10.9 Å².